The average molecular weight is 473 g/mol. The van der Waals surface area contributed by atoms with Crippen molar-refractivity contribution in [3.8, 4) is 0 Å². The van der Waals surface area contributed by atoms with Crippen molar-refractivity contribution < 1.29 is 9.47 Å². The van der Waals surface area contributed by atoms with Crippen molar-refractivity contribution in [1.82, 2.24) is 5.32 Å². The number of benzene rings is 1. The summed E-state index contributed by atoms with van der Waals surface area (Å²) in [5.74, 6) is 0.568. The maximum absolute atomic E-state index is 6.02. The van der Waals surface area contributed by atoms with Crippen molar-refractivity contribution in [2.75, 3.05) is 13.2 Å². The number of nitrogens with zero attached hydrogens (tertiary/aromatic N) is 1. The number of hydrogen-bond donors (Lipinski definition) is 2. The van der Waals surface area contributed by atoms with Crippen LogP contribution in [0.25, 0.3) is 0 Å². The van der Waals surface area contributed by atoms with E-state index in [1.165, 1.54) is 43.2 Å². The maximum Gasteiger partial charge on any atom is 0.189 e. The van der Waals surface area contributed by atoms with E-state index in [1.807, 2.05) is 0 Å². The lowest BCUT2D eigenvalue weighted by molar-refractivity contribution is -0.0390. The van der Waals surface area contributed by atoms with Crippen LogP contribution in [-0.2, 0) is 22.6 Å². The summed E-state index contributed by atoms with van der Waals surface area (Å²) in [6.07, 6.45) is 8.68. The summed E-state index contributed by atoms with van der Waals surface area (Å²) in [4.78, 5) is 4.48. The van der Waals surface area contributed by atoms with Gasteiger partial charge in [0.05, 0.1) is 19.3 Å². The number of rotatable bonds is 6. The van der Waals surface area contributed by atoms with E-state index in [0.717, 1.165) is 26.1 Å². The molecular weight excluding hydrogens is 441 g/mol. The first-order chi connectivity index (χ1) is 12.3. The van der Waals surface area contributed by atoms with Crippen molar-refractivity contribution in [2.45, 2.75) is 70.2 Å². The quantitative estimate of drug-likeness (QED) is 0.375. The summed E-state index contributed by atoms with van der Waals surface area (Å²) >= 11 is 0. The molecule has 1 saturated carbocycles. The molecule has 146 valence electrons. The van der Waals surface area contributed by atoms with Gasteiger partial charge >= 0.3 is 0 Å². The van der Waals surface area contributed by atoms with Gasteiger partial charge in [0.15, 0.2) is 5.96 Å². The van der Waals surface area contributed by atoms with Gasteiger partial charge in [-0.15, -0.1) is 24.0 Å². The van der Waals surface area contributed by atoms with Crippen LogP contribution in [-0.4, -0.2) is 31.3 Å². The standard InChI is InChI=1S/C20H31N3O2.HI/c21-20(23-18-4-2-1-3-5-18)22-14-16-6-8-17(9-7-16)15-25-19-10-12-24-13-11-19;/h6-9,18-19H,1-5,10-15H2,(H3,21,22,23);1H. The molecule has 5 nitrogen and oxygen atoms in total. The van der Waals surface area contributed by atoms with Gasteiger partial charge in [0.1, 0.15) is 0 Å². The van der Waals surface area contributed by atoms with Crippen molar-refractivity contribution in [2.24, 2.45) is 10.7 Å². The zero-order valence-electron chi connectivity index (χ0n) is 15.5. The Bertz CT molecular complexity index is 538. The average Bonchev–Trinajstić information content (AvgIpc) is 2.67. The highest BCUT2D eigenvalue weighted by atomic mass is 127. The lowest BCUT2D eigenvalue weighted by Gasteiger charge is -2.23. The van der Waals surface area contributed by atoms with Crippen molar-refractivity contribution in [3.63, 3.8) is 0 Å². The molecule has 1 saturated heterocycles. The Morgan fingerprint density at radius 1 is 1.04 bits per heavy atom. The molecule has 0 amide bonds. The van der Waals surface area contributed by atoms with E-state index in [9.17, 15) is 0 Å². The van der Waals surface area contributed by atoms with Gasteiger partial charge in [-0.25, -0.2) is 4.99 Å². The molecule has 3 N–H and O–H groups in total. The van der Waals surface area contributed by atoms with E-state index in [1.54, 1.807) is 0 Å². The van der Waals surface area contributed by atoms with Crippen molar-refractivity contribution in [1.29, 1.82) is 0 Å². The molecule has 6 heteroatoms. The van der Waals surface area contributed by atoms with Crippen LogP contribution in [0.5, 0.6) is 0 Å². The molecule has 0 atom stereocenters. The van der Waals surface area contributed by atoms with Gasteiger partial charge in [-0.05, 0) is 36.8 Å². The number of nitrogens with one attached hydrogen (secondary N) is 1. The summed E-state index contributed by atoms with van der Waals surface area (Å²) in [7, 11) is 0. The molecule has 1 aliphatic heterocycles. The summed E-state index contributed by atoms with van der Waals surface area (Å²) < 4.78 is 11.3. The molecule has 2 fully saturated rings. The number of ether oxygens (including phenoxy) is 2. The molecule has 0 bridgehead atoms. The third kappa shape index (κ3) is 7.40. The summed E-state index contributed by atoms with van der Waals surface area (Å²) in [6.45, 7) is 2.92. The molecule has 0 radical (unpaired) electrons. The van der Waals surface area contributed by atoms with Gasteiger partial charge in [-0.2, -0.15) is 0 Å². The summed E-state index contributed by atoms with van der Waals surface area (Å²) in [5.41, 5.74) is 8.39. The molecule has 3 rings (SSSR count). The highest BCUT2D eigenvalue weighted by Crippen LogP contribution is 2.17. The molecule has 26 heavy (non-hydrogen) atoms. The molecule has 1 heterocycles. The molecule has 0 spiro atoms. The Hall–Kier alpha value is -0.860. The largest absolute Gasteiger partial charge is 0.381 e. The molecule has 0 unspecified atom stereocenters. The van der Waals surface area contributed by atoms with Crippen LogP contribution in [0.2, 0.25) is 0 Å². The normalized spacial score (nSPS) is 19.8. The maximum atomic E-state index is 6.02. The van der Waals surface area contributed by atoms with Crippen LogP contribution in [0.4, 0.5) is 0 Å². The van der Waals surface area contributed by atoms with Gasteiger partial charge in [-0.3, -0.25) is 0 Å². The zero-order valence-corrected chi connectivity index (χ0v) is 17.8. The van der Waals surface area contributed by atoms with Crippen molar-refractivity contribution in [3.05, 3.63) is 35.4 Å². The minimum Gasteiger partial charge on any atom is -0.381 e. The van der Waals surface area contributed by atoms with Crippen LogP contribution < -0.4 is 11.1 Å². The lowest BCUT2D eigenvalue weighted by Crippen LogP contribution is -2.41. The van der Waals surface area contributed by atoms with E-state index in [2.05, 4.69) is 34.6 Å². The second-order valence-electron chi connectivity index (χ2n) is 7.12. The molecule has 1 aromatic rings. The zero-order chi connectivity index (χ0) is 17.3. The predicted octanol–water partition coefficient (Wildman–Crippen LogP) is 3.74. The van der Waals surface area contributed by atoms with Gasteiger partial charge in [0.2, 0.25) is 0 Å². The summed E-state index contributed by atoms with van der Waals surface area (Å²) in [6, 6.07) is 8.96. The molecule has 1 aromatic carbocycles. The van der Waals surface area contributed by atoms with E-state index >= 15 is 0 Å². The Morgan fingerprint density at radius 2 is 1.69 bits per heavy atom. The minimum atomic E-state index is 0. The number of hydrogen-bond acceptors (Lipinski definition) is 3. The third-order valence-electron chi connectivity index (χ3n) is 5.07. The second-order valence-corrected chi connectivity index (χ2v) is 7.12. The molecule has 0 aromatic heterocycles. The van der Waals surface area contributed by atoms with E-state index in [0.29, 0.717) is 31.3 Å². The van der Waals surface area contributed by atoms with Gasteiger partial charge in [0, 0.05) is 19.3 Å². The number of halogens is 1. The van der Waals surface area contributed by atoms with Crippen LogP contribution in [0.1, 0.15) is 56.1 Å². The summed E-state index contributed by atoms with van der Waals surface area (Å²) in [5, 5.41) is 3.35. The monoisotopic (exact) mass is 473 g/mol. The molecule has 2 aliphatic rings. The fourth-order valence-electron chi connectivity index (χ4n) is 3.48. The highest BCUT2D eigenvalue weighted by molar-refractivity contribution is 14.0. The first-order valence-electron chi connectivity index (χ1n) is 9.63. The first-order valence-corrected chi connectivity index (χ1v) is 9.63. The first kappa shape index (κ1) is 21.4. The van der Waals surface area contributed by atoms with E-state index in [4.69, 9.17) is 15.2 Å². The third-order valence-corrected chi connectivity index (χ3v) is 5.07. The number of aliphatic imine (C=N–C) groups is 1. The lowest BCUT2D eigenvalue weighted by atomic mass is 9.96. The van der Waals surface area contributed by atoms with Gasteiger partial charge in [-0.1, -0.05) is 43.5 Å². The molecular formula is C20H32IN3O2. The van der Waals surface area contributed by atoms with Gasteiger partial charge in [0.25, 0.3) is 0 Å². The van der Waals surface area contributed by atoms with Crippen LogP contribution in [0.15, 0.2) is 29.3 Å². The highest BCUT2D eigenvalue weighted by Gasteiger charge is 2.14. The Morgan fingerprint density at radius 3 is 2.38 bits per heavy atom. The van der Waals surface area contributed by atoms with Crippen LogP contribution in [0.3, 0.4) is 0 Å². The molecule has 1 aliphatic carbocycles. The smallest absolute Gasteiger partial charge is 0.189 e. The van der Waals surface area contributed by atoms with Crippen LogP contribution >= 0.6 is 24.0 Å². The van der Waals surface area contributed by atoms with Crippen LogP contribution in [0, 0.1) is 0 Å². The SMILES string of the molecule is I.NC(=NCc1ccc(COC2CCOCC2)cc1)NC1CCCCC1. The van der Waals surface area contributed by atoms with Crippen molar-refractivity contribution >= 4 is 29.9 Å². The van der Waals surface area contributed by atoms with E-state index in [-0.39, 0.29) is 24.0 Å². The number of nitrogens with two attached hydrogens (primary N) is 1. The minimum absolute atomic E-state index is 0. The second kappa shape index (κ2) is 11.8. The predicted molar refractivity (Wildman–Crippen MR) is 116 cm³/mol. The van der Waals surface area contributed by atoms with Gasteiger partial charge < -0.3 is 20.5 Å². The Balaban J connectivity index is 0.00000243. The Kier molecular flexibility index (Phi) is 9.71. The Labute approximate surface area is 174 Å². The fourth-order valence-corrected chi connectivity index (χ4v) is 3.48. The van der Waals surface area contributed by atoms with E-state index < -0.39 is 0 Å². The topological polar surface area (TPSA) is 68.9 Å². The number of guanidine groups is 1. The fraction of sp³-hybridized carbons (Fsp3) is 0.650.